The first kappa shape index (κ1) is 12.5. The first-order chi connectivity index (χ1) is 9.25. The van der Waals surface area contributed by atoms with Crippen molar-refractivity contribution in [1.82, 2.24) is 0 Å². The molecule has 0 saturated heterocycles. The maximum absolute atomic E-state index is 10.4. The Morgan fingerprint density at radius 2 is 1.74 bits per heavy atom. The second-order valence-electron chi connectivity index (χ2n) is 4.45. The molecule has 0 saturated carbocycles. The standard InChI is InChI=1S/C16H13BrO2/c17-13-7-3-4-8-14(13)19-15-10-9-11-5-1-2-6-12(11)16(15)18/h1-10,15-16,18H/t15-,16?/m0/s1. The monoisotopic (exact) mass is 316 g/mol. The fraction of sp³-hybridized carbons (Fsp3) is 0.125. The van der Waals surface area contributed by atoms with Crippen LogP contribution in [0.25, 0.3) is 6.08 Å². The van der Waals surface area contributed by atoms with Crippen LogP contribution >= 0.6 is 15.9 Å². The average Bonchev–Trinajstić information content (AvgIpc) is 2.44. The second-order valence-corrected chi connectivity index (χ2v) is 5.30. The summed E-state index contributed by atoms with van der Waals surface area (Å²) in [5.41, 5.74) is 1.95. The van der Waals surface area contributed by atoms with Gasteiger partial charge >= 0.3 is 0 Å². The highest BCUT2D eigenvalue weighted by Crippen LogP contribution is 2.32. The Kier molecular flexibility index (Phi) is 3.40. The van der Waals surface area contributed by atoms with Crippen molar-refractivity contribution in [2.75, 3.05) is 0 Å². The van der Waals surface area contributed by atoms with Gasteiger partial charge in [-0.05, 0) is 45.3 Å². The van der Waals surface area contributed by atoms with Gasteiger partial charge < -0.3 is 9.84 Å². The van der Waals surface area contributed by atoms with E-state index in [1.807, 2.05) is 60.7 Å². The Labute approximate surface area is 120 Å². The molecule has 0 heterocycles. The summed E-state index contributed by atoms with van der Waals surface area (Å²) in [5.74, 6) is 0.732. The fourth-order valence-electron chi connectivity index (χ4n) is 2.20. The van der Waals surface area contributed by atoms with Crippen LogP contribution in [0.1, 0.15) is 17.2 Å². The molecule has 0 radical (unpaired) electrons. The Morgan fingerprint density at radius 1 is 1.00 bits per heavy atom. The molecular weight excluding hydrogens is 304 g/mol. The molecule has 3 heteroatoms. The molecule has 0 amide bonds. The fourth-order valence-corrected chi connectivity index (χ4v) is 2.58. The molecule has 19 heavy (non-hydrogen) atoms. The number of benzene rings is 2. The van der Waals surface area contributed by atoms with Crippen molar-refractivity contribution in [3.05, 3.63) is 70.2 Å². The van der Waals surface area contributed by atoms with Gasteiger partial charge in [0.05, 0.1) is 4.47 Å². The second kappa shape index (κ2) is 5.19. The van der Waals surface area contributed by atoms with Crippen LogP contribution in [0.5, 0.6) is 5.75 Å². The molecule has 2 atom stereocenters. The lowest BCUT2D eigenvalue weighted by molar-refractivity contribution is 0.0619. The number of aliphatic hydroxyl groups excluding tert-OH is 1. The summed E-state index contributed by atoms with van der Waals surface area (Å²) in [5, 5.41) is 10.4. The third-order valence-corrected chi connectivity index (χ3v) is 3.85. The lowest BCUT2D eigenvalue weighted by Gasteiger charge is -2.26. The minimum atomic E-state index is -0.645. The summed E-state index contributed by atoms with van der Waals surface area (Å²) in [6.45, 7) is 0. The largest absolute Gasteiger partial charge is 0.482 e. The van der Waals surface area contributed by atoms with E-state index >= 15 is 0 Å². The topological polar surface area (TPSA) is 29.5 Å². The molecule has 1 aliphatic carbocycles. The Morgan fingerprint density at radius 3 is 2.58 bits per heavy atom. The van der Waals surface area contributed by atoms with Crippen molar-refractivity contribution in [1.29, 1.82) is 0 Å². The van der Waals surface area contributed by atoms with E-state index in [1.165, 1.54) is 0 Å². The summed E-state index contributed by atoms with van der Waals surface area (Å²) >= 11 is 3.44. The average molecular weight is 317 g/mol. The normalized spacial score (nSPS) is 20.9. The molecule has 1 aliphatic rings. The molecule has 2 aromatic carbocycles. The summed E-state index contributed by atoms with van der Waals surface area (Å²) in [6, 6.07) is 15.4. The quantitative estimate of drug-likeness (QED) is 0.908. The molecule has 0 bridgehead atoms. The van der Waals surface area contributed by atoms with E-state index in [1.54, 1.807) is 0 Å². The van der Waals surface area contributed by atoms with Crippen LogP contribution in [0.2, 0.25) is 0 Å². The van der Waals surface area contributed by atoms with Gasteiger partial charge in [-0.2, -0.15) is 0 Å². The molecule has 2 nitrogen and oxygen atoms in total. The highest BCUT2D eigenvalue weighted by Gasteiger charge is 2.25. The molecule has 3 rings (SSSR count). The third kappa shape index (κ3) is 2.44. The molecular formula is C16H13BrO2. The molecule has 0 aliphatic heterocycles. The molecule has 0 fully saturated rings. The van der Waals surface area contributed by atoms with E-state index in [0.717, 1.165) is 21.3 Å². The zero-order chi connectivity index (χ0) is 13.2. The van der Waals surface area contributed by atoms with E-state index in [4.69, 9.17) is 4.74 Å². The summed E-state index contributed by atoms with van der Waals surface area (Å²) < 4.78 is 6.76. The van der Waals surface area contributed by atoms with E-state index < -0.39 is 6.10 Å². The minimum Gasteiger partial charge on any atom is -0.482 e. The van der Waals surface area contributed by atoms with Crippen molar-refractivity contribution in [2.24, 2.45) is 0 Å². The van der Waals surface area contributed by atoms with Crippen LogP contribution < -0.4 is 4.74 Å². The molecule has 96 valence electrons. The van der Waals surface area contributed by atoms with Gasteiger partial charge in [-0.3, -0.25) is 0 Å². The first-order valence-electron chi connectivity index (χ1n) is 6.12. The number of fused-ring (bicyclic) bond motifs is 1. The predicted molar refractivity (Wildman–Crippen MR) is 79.0 cm³/mol. The van der Waals surface area contributed by atoms with Crippen LogP contribution in [0, 0.1) is 0 Å². The van der Waals surface area contributed by atoms with Crippen LogP contribution in [0.3, 0.4) is 0 Å². The highest BCUT2D eigenvalue weighted by molar-refractivity contribution is 9.10. The Hall–Kier alpha value is -1.58. The number of para-hydroxylation sites is 1. The van der Waals surface area contributed by atoms with Gasteiger partial charge in [-0.25, -0.2) is 0 Å². The van der Waals surface area contributed by atoms with E-state index in [9.17, 15) is 5.11 Å². The number of hydrogen-bond donors (Lipinski definition) is 1. The molecule has 0 aromatic heterocycles. The van der Waals surface area contributed by atoms with E-state index in [-0.39, 0.29) is 6.10 Å². The first-order valence-corrected chi connectivity index (χ1v) is 6.91. The summed E-state index contributed by atoms with van der Waals surface area (Å²) in [7, 11) is 0. The molecule has 2 aromatic rings. The van der Waals surface area contributed by atoms with Gasteiger partial charge in [0.1, 0.15) is 18.0 Å². The number of hydrogen-bond acceptors (Lipinski definition) is 2. The SMILES string of the molecule is OC1c2ccccc2C=C[C@@H]1Oc1ccccc1Br. The predicted octanol–water partition coefficient (Wildman–Crippen LogP) is 3.96. The van der Waals surface area contributed by atoms with E-state index in [0.29, 0.717) is 0 Å². The van der Waals surface area contributed by atoms with Crippen LogP contribution in [-0.2, 0) is 0 Å². The zero-order valence-corrected chi connectivity index (χ0v) is 11.7. The number of rotatable bonds is 2. The summed E-state index contributed by atoms with van der Waals surface area (Å²) in [6.07, 6.45) is 2.87. The van der Waals surface area contributed by atoms with Crippen LogP contribution in [0.4, 0.5) is 0 Å². The van der Waals surface area contributed by atoms with Gasteiger partial charge in [0, 0.05) is 0 Å². The Balaban J connectivity index is 1.87. The minimum absolute atomic E-state index is 0.367. The third-order valence-electron chi connectivity index (χ3n) is 3.19. The number of halogens is 1. The van der Waals surface area contributed by atoms with Gasteiger partial charge in [-0.15, -0.1) is 0 Å². The van der Waals surface area contributed by atoms with Crippen molar-refractivity contribution >= 4 is 22.0 Å². The van der Waals surface area contributed by atoms with Crippen molar-refractivity contribution in [3.8, 4) is 5.75 Å². The van der Waals surface area contributed by atoms with Crippen molar-refractivity contribution in [3.63, 3.8) is 0 Å². The van der Waals surface area contributed by atoms with Gasteiger partial charge in [0.15, 0.2) is 0 Å². The molecule has 1 N–H and O–H groups in total. The smallest absolute Gasteiger partial charge is 0.147 e. The zero-order valence-electron chi connectivity index (χ0n) is 10.2. The lowest BCUT2D eigenvalue weighted by atomic mass is 9.93. The molecule has 1 unspecified atom stereocenters. The van der Waals surface area contributed by atoms with Gasteiger partial charge in [0.2, 0.25) is 0 Å². The number of ether oxygens (including phenoxy) is 1. The van der Waals surface area contributed by atoms with Crippen molar-refractivity contribution in [2.45, 2.75) is 12.2 Å². The summed E-state index contributed by atoms with van der Waals surface area (Å²) in [4.78, 5) is 0. The molecule has 0 spiro atoms. The maximum Gasteiger partial charge on any atom is 0.147 e. The van der Waals surface area contributed by atoms with Gasteiger partial charge in [0.25, 0.3) is 0 Å². The van der Waals surface area contributed by atoms with Crippen molar-refractivity contribution < 1.29 is 9.84 Å². The lowest BCUT2D eigenvalue weighted by Crippen LogP contribution is -2.26. The van der Waals surface area contributed by atoms with Crippen LogP contribution in [0.15, 0.2) is 59.1 Å². The number of aliphatic hydroxyl groups is 1. The van der Waals surface area contributed by atoms with Crippen LogP contribution in [-0.4, -0.2) is 11.2 Å². The van der Waals surface area contributed by atoms with Gasteiger partial charge in [-0.1, -0.05) is 42.5 Å². The Bertz CT molecular complexity index is 622. The highest BCUT2D eigenvalue weighted by atomic mass is 79.9. The maximum atomic E-state index is 10.4. The van der Waals surface area contributed by atoms with E-state index in [2.05, 4.69) is 15.9 Å².